The predicted molar refractivity (Wildman–Crippen MR) is 128 cm³/mol. The molecule has 3 nitrogen and oxygen atoms in total. The van der Waals surface area contributed by atoms with Crippen LogP contribution in [0.2, 0.25) is 15.1 Å². The van der Waals surface area contributed by atoms with Crippen molar-refractivity contribution in [2.75, 3.05) is 6.61 Å². The fourth-order valence-electron chi connectivity index (χ4n) is 3.61. The minimum absolute atomic E-state index is 0.0175. The zero-order valence-electron chi connectivity index (χ0n) is 18.7. The Morgan fingerprint density at radius 2 is 1.50 bits per heavy atom. The summed E-state index contributed by atoms with van der Waals surface area (Å²) in [6.07, 6.45) is 1.04. The Labute approximate surface area is 196 Å². The molecule has 0 aliphatic carbocycles. The first kappa shape index (κ1) is 25.1. The largest absolute Gasteiger partial charge is 0.490 e. The normalized spacial score (nSPS) is 12.2. The smallest absolute Gasteiger partial charge is 0.163 e. The maximum absolute atomic E-state index is 6.58. The highest BCUT2D eigenvalue weighted by molar-refractivity contribution is 6.42. The molecule has 166 valence electrons. The number of rotatable bonds is 9. The summed E-state index contributed by atoms with van der Waals surface area (Å²) >= 11 is 18.7. The summed E-state index contributed by atoms with van der Waals surface area (Å²) in [4.78, 5) is 0. The Morgan fingerprint density at radius 3 is 2.10 bits per heavy atom. The molecule has 0 fully saturated rings. The average molecular weight is 473 g/mol. The van der Waals surface area contributed by atoms with Crippen LogP contribution in [0, 0.1) is 5.41 Å². The Balaban J connectivity index is 2.15. The SMILES string of the molecule is CCOc1cc(CNC(C)(C)CC(C)(C)C)c(Cl)cc1OCc1ccc(Cl)c(Cl)c1. The lowest BCUT2D eigenvalue weighted by molar-refractivity contribution is 0.240. The van der Waals surface area contributed by atoms with Gasteiger partial charge in [0.15, 0.2) is 11.5 Å². The van der Waals surface area contributed by atoms with Gasteiger partial charge in [-0.2, -0.15) is 0 Å². The van der Waals surface area contributed by atoms with Crippen molar-refractivity contribution in [3.63, 3.8) is 0 Å². The second-order valence-electron chi connectivity index (χ2n) is 9.34. The summed E-state index contributed by atoms with van der Waals surface area (Å²) < 4.78 is 11.8. The van der Waals surface area contributed by atoms with E-state index in [-0.39, 0.29) is 11.0 Å². The van der Waals surface area contributed by atoms with Crippen molar-refractivity contribution in [3.8, 4) is 11.5 Å². The van der Waals surface area contributed by atoms with Gasteiger partial charge in [0.1, 0.15) is 6.61 Å². The summed E-state index contributed by atoms with van der Waals surface area (Å²) in [7, 11) is 0. The molecule has 0 aliphatic rings. The molecule has 0 saturated heterocycles. The number of benzene rings is 2. The van der Waals surface area contributed by atoms with E-state index >= 15 is 0 Å². The monoisotopic (exact) mass is 471 g/mol. The fourth-order valence-corrected chi connectivity index (χ4v) is 4.15. The lowest BCUT2D eigenvalue weighted by atomic mass is 9.82. The van der Waals surface area contributed by atoms with Crippen LogP contribution in [0.3, 0.4) is 0 Å². The van der Waals surface area contributed by atoms with Crippen molar-refractivity contribution in [2.45, 2.75) is 66.7 Å². The van der Waals surface area contributed by atoms with E-state index in [0.29, 0.717) is 46.3 Å². The van der Waals surface area contributed by atoms with Crippen molar-refractivity contribution in [3.05, 3.63) is 56.5 Å². The van der Waals surface area contributed by atoms with Crippen LogP contribution < -0.4 is 14.8 Å². The summed E-state index contributed by atoms with van der Waals surface area (Å²) in [6, 6.07) is 9.20. The lowest BCUT2D eigenvalue weighted by Crippen LogP contribution is -2.41. The molecule has 6 heteroatoms. The Bertz CT molecular complexity index is 860. The van der Waals surface area contributed by atoms with Gasteiger partial charge >= 0.3 is 0 Å². The van der Waals surface area contributed by atoms with Gasteiger partial charge in [0.2, 0.25) is 0 Å². The van der Waals surface area contributed by atoms with Crippen LogP contribution in [0.4, 0.5) is 0 Å². The molecule has 0 radical (unpaired) electrons. The Morgan fingerprint density at radius 1 is 0.833 bits per heavy atom. The van der Waals surface area contributed by atoms with Crippen LogP contribution in [0.5, 0.6) is 11.5 Å². The van der Waals surface area contributed by atoms with Crippen LogP contribution in [0.15, 0.2) is 30.3 Å². The first-order valence-electron chi connectivity index (χ1n) is 10.2. The summed E-state index contributed by atoms with van der Waals surface area (Å²) in [5, 5.41) is 5.28. The summed E-state index contributed by atoms with van der Waals surface area (Å²) in [5.74, 6) is 1.28. The Hall–Kier alpha value is -1.13. The van der Waals surface area contributed by atoms with Crippen LogP contribution in [0.25, 0.3) is 0 Å². The minimum atomic E-state index is -0.0175. The second kappa shape index (κ2) is 10.5. The average Bonchev–Trinajstić information content (AvgIpc) is 2.61. The highest BCUT2D eigenvalue weighted by Gasteiger charge is 2.25. The molecule has 0 saturated carbocycles. The standard InChI is InChI=1S/C24H32Cl3NO2/c1-7-29-21-11-17(13-28-24(5,6)15-23(2,3)4)19(26)12-22(21)30-14-16-8-9-18(25)20(27)10-16/h8-12,28H,7,13-15H2,1-6H3. The molecule has 0 unspecified atom stereocenters. The van der Waals surface area contributed by atoms with Crippen molar-refractivity contribution < 1.29 is 9.47 Å². The number of hydrogen-bond donors (Lipinski definition) is 1. The van der Waals surface area contributed by atoms with Gasteiger partial charge < -0.3 is 14.8 Å². The second-order valence-corrected chi connectivity index (χ2v) is 10.6. The van der Waals surface area contributed by atoms with E-state index in [4.69, 9.17) is 44.3 Å². The van der Waals surface area contributed by atoms with Crippen molar-refractivity contribution in [1.29, 1.82) is 0 Å². The molecule has 2 aromatic rings. The molecule has 30 heavy (non-hydrogen) atoms. The van der Waals surface area contributed by atoms with E-state index in [1.807, 2.05) is 25.1 Å². The van der Waals surface area contributed by atoms with Gasteiger partial charge in [-0.05, 0) is 61.9 Å². The molecule has 0 atom stereocenters. The van der Waals surface area contributed by atoms with Gasteiger partial charge in [-0.1, -0.05) is 61.6 Å². The van der Waals surface area contributed by atoms with Crippen LogP contribution in [-0.4, -0.2) is 12.1 Å². The van der Waals surface area contributed by atoms with E-state index in [0.717, 1.165) is 17.5 Å². The third-order valence-corrected chi connectivity index (χ3v) is 5.61. The maximum Gasteiger partial charge on any atom is 0.163 e. The first-order valence-corrected chi connectivity index (χ1v) is 11.3. The van der Waals surface area contributed by atoms with Crippen molar-refractivity contribution in [2.24, 2.45) is 5.41 Å². The van der Waals surface area contributed by atoms with Crippen LogP contribution in [-0.2, 0) is 13.2 Å². The maximum atomic E-state index is 6.58. The molecular formula is C24H32Cl3NO2. The van der Waals surface area contributed by atoms with E-state index in [9.17, 15) is 0 Å². The highest BCUT2D eigenvalue weighted by Crippen LogP contribution is 2.35. The minimum Gasteiger partial charge on any atom is -0.490 e. The topological polar surface area (TPSA) is 30.5 Å². The molecule has 2 rings (SSSR count). The van der Waals surface area contributed by atoms with Gasteiger partial charge in [0, 0.05) is 23.2 Å². The zero-order chi connectivity index (χ0) is 22.5. The molecule has 0 spiro atoms. The fraction of sp³-hybridized carbons (Fsp3) is 0.500. The van der Waals surface area contributed by atoms with E-state index in [1.54, 1.807) is 12.1 Å². The van der Waals surface area contributed by atoms with E-state index in [2.05, 4.69) is 39.9 Å². The summed E-state index contributed by atoms with van der Waals surface area (Å²) in [6.45, 7) is 14.6. The van der Waals surface area contributed by atoms with Gasteiger partial charge in [-0.25, -0.2) is 0 Å². The van der Waals surface area contributed by atoms with Crippen LogP contribution in [0.1, 0.15) is 59.1 Å². The molecule has 0 bridgehead atoms. The quantitative estimate of drug-likeness (QED) is 0.402. The number of halogens is 3. The lowest BCUT2D eigenvalue weighted by Gasteiger charge is -2.33. The Kier molecular flexibility index (Phi) is 8.76. The predicted octanol–water partition coefficient (Wildman–Crippen LogP) is 7.93. The third-order valence-electron chi connectivity index (χ3n) is 4.52. The number of hydrogen-bond acceptors (Lipinski definition) is 3. The molecule has 1 N–H and O–H groups in total. The van der Waals surface area contributed by atoms with Crippen LogP contribution >= 0.6 is 34.8 Å². The van der Waals surface area contributed by atoms with Gasteiger partial charge in [-0.15, -0.1) is 0 Å². The van der Waals surface area contributed by atoms with E-state index in [1.165, 1.54) is 0 Å². The van der Waals surface area contributed by atoms with Crippen molar-refractivity contribution in [1.82, 2.24) is 5.32 Å². The number of ether oxygens (including phenoxy) is 2. The highest BCUT2D eigenvalue weighted by atomic mass is 35.5. The van der Waals surface area contributed by atoms with Gasteiger partial charge in [-0.3, -0.25) is 0 Å². The molecule has 0 amide bonds. The zero-order valence-corrected chi connectivity index (χ0v) is 20.9. The number of nitrogens with one attached hydrogen (secondary N) is 1. The molecule has 2 aromatic carbocycles. The molecule has 0 aliphatic heterocycles. The van der Waals surface area contributed by atoms with E-state index < -0.39 is 0 Å². The third kappa shape index (κ3) is 7.85. The van der Waals surface area contributed by atoms with Gasteiger partial charge in [0.05, 0.1) is 16.7 Å². The first-order chi connectivity index (χ1) is 13.9. The van der Waals surface area contributed by atoms with Gasteiger partial charge in [0.25, 0.3) is 0 Å². The molecular weight excluding hydrogens is 441 g/mol. The summed E-state index contributed by atoms with van der Waals surface area (Å²) in [5.41, 5.74) is 2.11. The molecule has 0 aromatic heterocycles. The molecule has 0 heterocycles. The van der Waals surface area contributed by atoms with Crippen molar-refractivity contribution >= 4 is 34.8 Å².